The highest BCUT2D eigenvalue weighted by Gasteiger charge is 2.75. The second-order valence-electron chi connectivity index (χ2n) is 9.77. The minimum atomic E-state index is 0.0438. The van der Waals surface area contributed by atoms with Crippen LogP contribution in [0.2, 0.25) is 0 Å². The molecule has 0 aromatic heterocycles. The van der Waals surface area contributed by atoms with Crippen LogP contribution < -0.4 is 4.90 Å². The molecule has 4 fully saturated rings. The summed E-state index contributed by atoms with van der Waals surface area (Å²) in [5, 5.41) is 0. The van der Waals surface area contributed by atoms with E-state index in [0.717, 1.165) is 30.5 Å². The van der Waals surface area contributed by atoms with Crippen LogP contribution in [0.5, 0.6) is 0 Å². The third kappa shape index (κ3) is 1.52. The van der Waals surface area contributed by atoms with E-state index in [1.807, 2.05) is 0 Å². The first-order chi connectivity index (χ1) is 13.7. The number of carbonyl (C=O) groups is 1. The molecule has 2 bridgehead atoms. The molecule has 142 valence electrons. The molecule has 1 unspecified atom stereocenters. The van der Waals surface area contributed by atoms with E-state index in [1.165, 1.54) is 17.7 Å². The number of piperidine rings is 2. The third-order valence-electron chi connectivity index (χ3n) is 9.11. The van der Waals surface area contributed by atoms with Crippen LogP contribution in [0.4, 0.5) is 5.69 Å². The molecule has 4 heteroatoms. The SMILES string of the molecule is C#CC[N+]12CC[C@@]34c5ccccc5N5C(=O)C[C@@H]6OCC=C(C1)[C@H](C[C@@H]32)[C@@H]6[C@H]54. The van der Waals surface area contributed by atoms with Crippen molar-refractivity contribution in [1.29, 1.82) is 0 Å². The van der Waals surface area contributed by atoms with Crippen molar-refractivity contribution in [2.45, 2.75) is 42.9 Å². The van der Waals surface area contributed by atoms with Crippen LogP contribution >= 0.6 is 0 Å². The number of rotatable bonds is 1. The van der Waals surface area contributed by atoms with Crippen molar-refractivity contribution in [2.75, 3.05) is 31.1 Å². The van der Waals surface area contributed by atoms with Crippen molar-refractivity contribution in [3.05, 3.63) is 41.5 Å². The van der Waals surface area contributed by atoms with Crippen molar-refractivity contribution in [1.82, 2.24) is 0 Å². The maximum Gasteiger partial charge on any atom is 0.229 e. The number of quaternary nitrogens is 1. The van der Waals surface area contributed by atoms with Crippen molar-refractivity contribution in [3.63, 3.8) is 0 Å². The van der Waals surface area contributed by atoms with Crippen molar-refractivity contribution in [3.8, 4) is 12.3 Å². The van der Waals surface area contributed by atoms with Gasteiger partial charge < -0.3 is 14.1 Å². The van der Waals surface area contributed by atoms with Gasteiger partial charge in [0.25, 0.3) is 0 Å². The summed E-state index contributed by atoms with van der Waals surface area (Å²) in [5.41, 5.74) is 4.17. The molecule has 1 spiro atoms. The van der Waals surface area contributed by atoms with Crippen molar-refractivity contribution < 1.29 is 14.0 Å². The van der Waals surface area contributed by atoms with E-state index in [0.29, 0.717) is 30.9 Å². The summed E-state index contributed by atoms with van der Waals surface area (Å²) >= 11 is 0. The van der Waals surface area contributed by atoms with Gasteiger partial charge in [0.15, 0.2) is 0 Å². The molecule has 1 aromatic carbocycles. The summed E-state index contributed by atoms with van der Waals surface area (Å²) in [6, 6.07) is 9.47. The molecule has 3 saturated heterocycles. The van der Waals surface area contributed by atoms with Gasteiger partial charge in [0.1, 0.15) is 19.1 Å². The van der Waals surface area contributed by atoms with Gasteiger partial charge >= 0.3 is 0 Å². The quantitative estimate of drug-likeness (QED) is 0.429. The molecule has 0 radical (unpaired) electrons. The Morgan fingerprint density at radius 2 is 2.25 bits per heavy atom. The number of amides is 1. The van der Waals surface area contributed by atoms with Gasteiger partial charge in [-0.3, -0.25) is 4.79 Å². The number of benzene rings is 1. The normalized spacial score (nSPS) is 46.5. The maximum absolute atomic E-state index is 13.4. The fraction of sp³-hybridized carbons (Fsp3) is 0.542. The van der Waals surface area contributed by atoms with Crippen LogP contribution in [0, 0.1) is 24.2 Å². The lowest BCUT2D eigenvalue weighted by Crippen LogP contribution is -2.72. The zero-order valence-corrected chi connectivity index (χ0v) is 16.0. The molecule has 4 nitrogen and oxygen atoms in total. The smallest absolute Gasteiger partial charge is 0.229 e. The number of hydrogen-bond acceptors (Lipinski definition) is 2. The van der Waals surface area contributed by atoms with Gasteiger partial charge in [0, 0.05) is 24.4 Å². The first-order valence-electron chi connectivity index (χ1n) is 10.7. The zero-order chi connectivity index (χ0) is 18.7. The Labute approximate surface area is 165 Å². The molecule has 1 amide bonds. The fourth-order valence-corrected chi connectivity index (χ4v) is 8.38. The van der Waals surface area contributed by atoms with Gasteiger partial charge in [0.05, 0.1) is 37.1 Å². The average molecular weight is 373 g/mol. The topological polar surface area (TPSA) is 29.5 Å². The molecular formula is C24H25N2O2+. The van der Waals surface area contributed by atoms with Gasteiger partial charge in [0.2, 0.25) is 5.91 Å². The van der Waals surface area contributed by atoms with Crippen molar-refractivity contribution in [2.24, 2.45) is 11.8 Å². The van der Waals surface area contributed by atoms with E-state index >= 15 is 0 Å². The Balaban J connectivity index is 1.54. The van der Waals surface area contributed by atoms with E-state index in [-0.39, 0.29) is 23.5 Å². The van der Waals surface area contributed by atoms with Gasteiger partial charge in [-0.2, -0.15) is 0 Å². The largest absolute Gasteiger partial charge is 0.373 e. The first kappa shape index (κ1) is 15.8. The number of para-hydroxylation sites is 1. The van der Waals surface area contributed by atoms with Crippen molar-refractivity contribution >= 4 is 11.6 Å². The molecule has 0 N–H and O–H groups in total. The van der Waals surface area contributed by atoms with Gasteiger partial charge in [-0.15, -0.1) is 6.42 Å². The van der Waals surface area contributed by atoms with E-state index in [9.17, 15) is 4.79 Å². The van der Waals surface area contributed by atoms with Crippen LogP contribution in [0.25, 0.3) is 0 Å². The first-order valence-corrected chi connectivity index (χ1v) is 10.7. The Kier molecular flexibility index (Phi) is 2.76. The second-order valence-corrected chi connectivity index (χ2v) is 9.77. The third-order valence-corrected chi connectivity index (χ3v) is 9.11. The average Bonchev–Trinajstić information content (AvgIpc) is 3.13. The molecule has 7 atom stereocenters. The molecule has 1 saturated carbocycles. The number of hydrogen-bond donors (Lipinski definition) is 0. The predicted octanol–water partition coefficient (Wildman–Crippen LogP) is 2.24. The highest BCUT2D eigenvalue weighted by atomic mass is 16.5. The van der Waals surface area contributed by atoms with E-state index in [1.54, 1.807) is 5.57 Å². The summed E-state index contributed by atoms with van der Waals surface area (Å²) in [4.78, 5) is 15.6. The molecule has 6 aliphatic rings. The Bertz CT molecular complexity index is 993. The highest BCUT2D eigenvalue weighted by molar-refractivity contribution is 5.99. The summed E-state index contributed by atoms with van der Waals surface area (Å²) in [7, 11) is 0. The lowest BCUT2D eigenvalue weighted by Gasteiger charge is -2.60. The number of ether oxygens (including phenoxy) is 1. The van der Waals surface area contributed by atoms with E-state index in [2.05, 4.69) is 41.2 Å². The minimum absolute atomic E-state index is 0.0438. The number of terminal acetylenes is 1. The summed E-state index contributed by atoms with van der Waals surface area (Å²) in [6.07, 6.45) is 11.2. The molecule has 5 aliphatic heterocycles. The number of fused-ring (bicyclic) bond motifs is 2. The Hall–Kier alpha value is -2.09. The molecule has 28 heavy (non-hydrogen) atoms. The highest BCUT2D eigenvalue weighted by Crippen LogP contribution is 2.67. The Morgan fingerprint density at radius 1 is 1.36 bits per heavy atom. The standard InChI is InChI=1S/C24H25N2O2/c1-2-9-26-10-8-24-17-5-3-4-6-18(17)25-21(27)13-19-22(23(24)25)16(12-20(24)26)15(14-26)7-11-28-19/h1,3-7,16,19-20,22-23H,8-14H2/q+1/t16-,19-,20-,22-,23-,24+,26?/m0/s1. The number of anilines is 1. The zero-order valence-electron chi connectivity index (χ0n) is 16.0. The minimum Gasteiger partial charge on any atom is -0.373 e. The lowest BCUT2D eigenvalue weighted by molar-refractivity contribution is -0.936. The molecule has 5 heterocycles. The molecular weight excluding hydrogens is 348 g/mol. The van der Waals surface area contributed by atoms with Crippen LogP contribution in [0.3, 0.4) is 0 Å². The molecule has 1 aliphatic carbocycles. The second kappa shape index (κ2) is 4.90. The van der Waals surface area contributed by atoms with Crippen LogP contribution in [-0.4, -0.2) is 54.8 Å². The van der Waals surface area contributed by atoms with Crippen LogP contribution in [-0.2, 0) is 14.9 Å². The van der Waals surface area contributed by atoms with Crippen LogP contribution in [0.15, 0.2) is 35.9 Å². The monoisotopic (exact) mass is 373 g/mol. The molecule has 7 rings (SSSR count). The van der Waals surface area contributed by atoms with Crippen LogP contribution in [0.1, 0.15) is 24.8 Å². The summed E-state index contributed by atoms with van der Waals surface area (Å²) in [6.45, 7) is 3.66. The summed E-state index contributed by atoms with van der Waals surface area (Å²) in [5.74, 6) is 4.24. The predicted molar refractivity (Wildman–Crippen MR) is 106 cm³/mol. The maximum atomic E-state index is 13.4. The van der Waals surface area contributed by atoms with Gasteiger partial charge in [-0.05, 0) is 29.0 Å². The Morgan fingerprint density at radius 3 is 3.14 bits per heavy atom. The number of nitrogens with zero attached hydrogens (tertiary/aromatic N) is 2. The van der Waals surface area contributed by atoms with E-state index in [4.69, 9.17) is 11.2 Å². The molecule has 1 aromatic rings. The van der Waals surface area contributed by atoms with Gasteiger partial charge in [-0.1, -0.05) is 24.3 Å². The number of carbonyl (C=O) groups excluding carboxylic acids is 1. The van der Waals surface area contributed by atoms with Gasteiger partial charge in [-0.25, -0.2) is 0 Å². The summed E-state index contributed by atoms with van der Waals surface area (Å²) < 4.78 is 7.33. The lowest BCUT2D eigenvalue weighted by atomic mass is 9.53. The van der Waals surface area contributed by atoms with E-state index < -0.39 is 0 Å². The fourth-order valence-electron chi connectivity index (χ4n) is 8.38.